The van der Waals surface area contributed by atoms with Gasteiger partial charge >= 0.3 is 0 Å². The van der Waals surface area contributed by atoms with E-state index < -0.39 is 0 Å². The summed E-state index contributed by atoms with van der Waals surface area (Å²) in [5, 5.41) is 3.44. The molecule has 21 heavy (non-hydrogen) atoms. The Morgan fingerprint density at radius 1 is 1.24 bits per heavy atom. The van der Waals surface area contributed by atoms with Crippen LogP contribution in [0.2, 0.25) is 0 Å². The summed E-state index contributed by atoms with van der Waals surface area (Å²) in [6, 6.07) is 6.62. The number of nitrogens with zero attached hydrogens (tertiary/aromatic N) is 2. The molecule has 0 bridgehead atoms. The second kappa shape index (κ2) is 4.68. The quantitative estimate of drug-likeness (QED) is 0.743. The zero-order chi connectivity index (χ0) is 14.6. The molecule has 0 saturated heterocycles. The number of hydrogen-bond acceptors (Lipinski definition) is 3. The van der Waals surface area contributed by atoms with Crippen LogP contribution in [0, 0.1) is 20.8 Å². The van der Waals surface area contributed by atoms with Gasteiger partial charge in [0.1, 0.15) is 0 Å². The van der Waals surface area contributed by atoms with Gasteiger partial charge in [0.05, 0.1) is 5.69 Å². The first-order chi connectivity index (χ1) is 10.1. The number of imidazole rings is 1. The molecule has 0 spiro atoms. The minimum Gasteiger partial charge on any atom is -0.311 e. The van der Waals surface area contributed by atoms with E-state index in [0.29, 0.717) is 0 Å². The Morgan fingerprint density at radius 3 is 2.90 bits per heavy atom. The Kier molecular flexibility index (Phi) is 2.91. The number of aryl methyl sites for hydroxylation is 3. The summed E-state index contributed by atoms with van der Waals surface area (Å²) in [6.45, 7) is 8.56. The van der Waals surface area contributed by atoms with Crippen molar-refractivity contribution in [2.24, 2.45) is 0 Å². The highest BCUT2D eigenvalue weighted by Gasteiger charge is 2.21. The van der Waals surface area contributed by atoms with E-state index in [4.69, 9.17) is 4.98 Å². The standard InChI is InChI=1S/C17H19N3S/c1-10-4-5-13(11(2)8-10)16-12(3)20-14-6-7-18-9-15(14)21-17(20)19-16/h4-5,8,18H,6-7,9H2,1-3H3. The molecule has 3 nitrogen and oxygen atoms in total. The lowest BCUT2D eigenvalue weighted by Gasteiger charge is -2.13. The highest BCUT2D eigenvalue weighted by atomic mass is 32.1. The van der Waals surface area contributed by atoms with Gasteiger partial charge in [-0.3, -0.25) is 4.40 Å². The normalized spacial score (nSPS) is 14.6. The second-order valence-corrected chi connectivity index (χ2v) is 6.94. The third kappa shape index (κ3) is 1.93. The van der Waals surface area contributed by atoms with Gasteiger partial charge in [0, 0.05) is 41.3 Å². The molecule has 0 atom stereocenters. The molecule has 108 valence electrons. The van der Waals surface area contributed by atoms with E-state index in [1.165, 1.54) is 33.0 Å². The van der Waals surface area contributed by atoms with E-state index in [1.54, 1.807) is 0 Å². The summed E-state index contributed by atoms with van der Waals surface area (Å²) in [5.74, 6) is 0. The molecule has 0 saturated carbocycles. The molecule has 1 aliphatic heterocycles. The lowest BCUT2D eigenvalue weighted by atomic mass is 10.0. The van der Waals surface area contributed by atoms with Crippen LogP contribution >= 0.6 is 11.3 Å². The summed E-state index contributed by atoms with van der Waals surface area (Å²) in [7, 11) is 0. The van der Waals surface area contributed by atoms with Gasteiger partial charge in [-0.1, -0.05) is 35.1 Å². The Bertz CT molecular complexity index is 841. The summed E-state index contributed by atoms with van der Waals surface area (Å²) < 4.78 is 2.37. The fraction of sp³-hybridized carbons (Fsp3) is 0.353. The molecule has 0 amide bonds. The van der Waals surface area contributed by atoms with E-state index >= 15 is 0 Å². The molecule has 3 aromatic rings. The number of nitrogens with one attached hydrogen (secondary N) is 1. The predicted molar refractivity (Wildman–Crippen MR) is 88.1 cm³/mol. The monoisotopic (exact) mass is 297 g/mol. The maximum absolute atomic E-state index is 4.93. The number of rotatable bonds is 1. The Hall–Kier alpha value is -1.65. The zero-order valence-electron chi connectivity index (χ0n) is 12.7. The number of fused-ring (bicyclic) bond motifs is 3. The van der Waals surface area contributed by atoms with Crippen LogP contribution in [0.4, 0.5) is 0 Å². The molecule has 1 aliphatic rings. The van der Waals surface area contributed by atoms with Crippen molar-refractivity contribution < 1.29 is 0 Å². The third-order valence-electron chi connectivity index (χ3n) is 4.34. The van der Waals surface area contributed by atoms with E-state index in [-0.39, 0.29) is 0 Å². The second-order valence-electron chi connectivity index (χ2n) is 5.88. The molecule has 0 unspecified atom stereocenters. The SMILES string of the molecule is Cc1ccc(-c2nc3sc4c(n3c2C)CCNC4)c(C)c1. The first-order valence-corrected chi connectivity index (χ1v) is 8.25. The van der Waals surface area contributed by atoms with Crippen LogP contribution in [0.5, 0.6) is 0 Å². The van der Waals surface area contributed by atoms with E-state index in [2.05, 4.69) is 48.7 Å². The molecule has 1 aromatic carbocycles. The Labute approximate surface area is 128 Å². The van der Waals surface area contributed by atoms with Gasteiger partial charge in [-0.05, 0) is 26.3 Å². The number of benzene rings is 1. The average molecular weight is 297 g/mol. The van der Waals surface area contributed by atoms with Gasteiger partial charge < -0.3 is 5.32 Å². The number of aromatic nitrogens is 2. The third-order valence-corrected chi connectivity index (χ3v) is 5.43. The number of thiazole rings is 1. The number of hydrogen-bond donors (Lipinski definition) is 1. The molecular formula is C17H19N3S. The minimum atomic E-state index is 0.988. The maximum atomic E-state index is 4.93. The maximum Gasteiger partial charge on any atom is 0.194 e. The summed E-state index contributed by atoms with van der Waals surface area (Å²) in [4.78, 5) is 7.51. The fourth-order valence-electron chi connectivity index (χ4n) is 3.29. The van der Waals surface area contributed by atoms with Gasteiger partial charge in [-0.25, -0.2) is 4.98 Å². The lowest BCUT2D eigenvalue weighted by Crippen LogP contribution is -2.23. The van der Waals surface area contributed by atoms with Gasteiger partial charge in [0.2, 0.25) is 0 Å². The smallest absolute Gasteiger partial charge is 0.194 e. The van der Waals surface area contributed by atoms with E-state index in [1.807, 2.05) is 11.3 Å². The van der Waals surface area contributed by atoms with Crippen LogP contribution in [-0.4, -0.2) is 15.9 Å². The lowest BCUT2D eigenvalue weighted by molar-refractivity contribution is 0.636. The molecule has 4 rings (SSSR count). The first kappa shape index (κ1) is 13.0. The van der Waals surface area contributed by atoms with Crippen molar-refractivity contribution in [3.63, 3.8) is 0 Å². The molecule has 3 heterocycles. The van der Waals surface area contributed by atoms with Crippen molar-refractivity contribution >= 4 is 16.3 Å². The largest absolute Gasteiger partial charge is 0.311 e. The highest BCUT2D eigenvalue weighted by Crippen LogP contribution is 2.33. The topological polar surface area (TPSA) is 29.3 Å². The van der Waals surface area contributed by atoms with Gasteiger partial charge in [0.25, 0.3) is 0 Å². The van der Waals surface area contributed by atoms with Crippen LogP contribution < -0.4 is 5.32 Å². The van der Waals surface area contributed by atoms with Crippen molar-refractivity contribution in [2.45, 2.75) is 33.7 Å². The Morgan fingerprint density at radius 2 is 2.10 bits per heavy atom. The van der Waals surface area contributed by atoms with Gasteiger partial charge in [0.15, 0.2) is 4.96 Å². The van der Waals surface area contributed by atoms with Crippen molar-refractivity contribution in [3.8, 4) is 11.3 Å². The van der Waals surface area contributed by atoms with Crippen LogP contribution in [0.15, 0.2) is 18.2 Å². The summed E-state index contributed by atoms with van der Waals surface area (Å²) >= 11 is 1.83. The fourth-order valence-corrected chi connectivity index (χ4v) is 4.47. The van der Waals surface area contributed by atoms with Crippen molar-refractivity contribution in [1.29, 1.82) is 0 Å². The van der Waals surface area contributed by atoms with Crippen molar-refractivity contribution in [1.82, 2.24) is 14.7 Å². The molecule has 0 radical (unpaired) electrons. The summed E-state index contributed by atoms with van der Waals surface area (Å²) in [5.41, 5.74) is 7.74. The van der Waals surface area contributed by atoms with Crippen molar-refractivity contribution in [2.75, 3.05) is 6.54 Å². The van der Waals surface area contributed by atoms with Gasteiger partial charge in [-0.15, -0.1) is 0 Å². The summed E-state index contributed by atoms with van der Waals surface area (Å²) in [6.07, 6.45) is 1.10. The molecule has 0 fully saturated rings. The molecule has 4 heteroatoms. The average Bonchev–Trinajstić information content (AvgIpc) is 2.96. The van der Waals surface area contributed by atoms with E-state index in [0.717, 1.165) is 30.2 Å². The Balaban J connectivity index is 1.94. The van der Waals surface area contributed by atoms with Crippen LogP contribution in [0.3, 0.4) is 0 Å². The van der Waals surface area contributed by atoms with E-state index in [9.17, 15) is 0 Å². The molecule has 0 aliphatic carbocycles. The molecule has 1 N–H and O–H groups in total. The first-order valence-electron chi connectivity index (χ1n) is 7.43. The van der Waals surface area contributed by atoms with Crippen LogP contribution in [-0.2, 0) is 13.0 Å². The molecular weight excluding hydrogens is 278 g/mol. The molecule has 2 aromatic heterocycles. The van der Waals surface area contributed by atoms with Gasteiger partial charge in [-0.2, -0.15) is 0 Å². The highest BCUT2D eigenvalue weighted by molar-refractivity contribution is 7.17. The van der Waals surface area contributed by atoms with Crippen LogP contribution in [0.1, 0.15) is 27.4 Å². The minimum absolute atomic E-state index is 0.988. The van der Waals surface area contributed by atoms with Crippen LogP contribution in [0.25, 0.3) is 16.2 Å². The predicted octanol–water partition coefficient (Wildman–Crippen LogP) is 3.63. The zero-order valence-corrected chi connectivity index (χ0v) is 13.5. The van der Waals surface area contributed by atoms with Crippen molar-refractivity contribution in [3.05, 3.63) is 45.6 Å².